The van der Waals surface area contributed by atoms with E-state index in [1.807, 2.05) is 0 Å². The van der Waals surface area contributed by atoms with E-state index in [4.69, 9.17) is 16.3 Å². The predicted molar refractivity (Wildman–Crippen MR) is 81.7 cm³/mol. The summed E-state index contributed by atoms with van der Waals surface area (Å²) in [4.78, 5) is 39.1. The van der Waals surface area contributed by atoms with E-state index in [0.717, 1.165) is 6.33 Å². The van der Waals surface area contributed by atoms with Crippen molar-refractivity contribution in [2.45, 2.75) is 13.0 Å². The Kier molecular flexibility index (Phi) is 4.91. The monoisotopic (exact) mass is 338 g/mol. The second-order valence-electron chi connectivity index (χ2n) is 4.40. The second kappa shape index (κ2) is 6.88. The topological polar surface area (TPSA) is 127 Å². The third kappa shape index (κ3) is 4.04. The van der Waals surface area contributed by atoms with Gasteiger partial charge in [-0.3, -0.25) is 19.7 Å². The lowest BCUT2D eigenvalue weighted by atomic mass is 10.3. The van der Waals surface area contributed by atoms with Gasteiger partial charge in [0.25, 0.3) is 5.91 Å². The number of carbonyl (C=O) groups excluding carboxylic acids is 1. The van der Waals surface area contributed by atoms with E-state index < -0.39 is 34.1 Å². The summed E-state index contributed by atoms with van der Waals surface area (Å²) >= 11 is 5.80. The third-order valence-corrected chi connectivity index (χ3v) is 2.96. The number of ether oxygens (including phenoxy) is 1. The largest absolute Gasteiger partial charge is 0.459 e. The predicted octanol–water partition coefficient (Wildman–Crippen LogP) is 1.74. The number of aromatic nitrogens is 2. The van der Waals surface area contributed by atoms with Gasteiger partial charge in [0, 0.05) is 10.7 Å². The fourth-order valence-electron chi connectivity index (χ4n) is 1.65. The van der Waals surface area contributed by atoms with Crippen molar-refractivity contribution >= 4 is 28.9 Å². The van der Waals surface area contributed by atoms with Gasteiger partial charge in [-0.15, -0.1) is 0 Å². The van der Waals surface area contributed by atoms with Gasteiger partial charge in [-0.05, 0) is 25.1 Å². The molecule has 0 radical (unpaired) electrons. The van der Waals surface area contributed by atoms with Crippen LogP contribution in [0.2, 0.25) is 5.02 Å². The number of carbonyl (C=O) groups is 1. The molecule has 2 aromatic rings. The number of aromatic amines is 1. The maximum Gasteiger partial charge on any atom is 0.395 e. The van der Waals surface area contributed by atoms with Crippen LogP contribution in [0.15, 0.2) is 35.4 Å². The standard InChI is InChI=1S/C13H11ClN4O5/c1-7(11(19)17-9-4-2-3-8(14)5-9)23-13-10(18(21)22)12(20)15-6-16-13/h2-7H,1H3,(H,17,19)(H,15,16,20)/t7-/m0/s1. The first-order valence-corrected chi connectivity index (χ1v) is 6.71. The number of hydrogen-bond donors (Lipinski definition) is 2. The second-order valence-corrected chi connectivity index (χ2v) is 4.84. The van der Waals surface area contributed by atoms with E-state index in [2.05, 4.69) is 15.3 Å². The Balaban J connectivity index is 2.14. The fraction of sp³-hybridized carbons (Fsp3) is 0.154. The molecule has 2 rings (SSSR count). The minimum absolute atomic E-state index is 0.434. The molecule has 1 aromatic heterocycles. The number of amides is 1. The van der Waals surface area contributed by atoms with Gasteiger partial charge in [-0.25, -0.2) is 0 Å². The van der Waals surface area contributed by atoms with E-state index >= 15 is 0 Å². The summed E-state index contributed by atoms with van der Waals surface area (Å²) < 4.78 is 5.13. The zero-order valence-corrected chi connectivity index (χ0v) is 12.5. The van der Waals surface area contributed by atoms with E-state index in [1.54, 1.807) is 18.2 Å². The van der Waals surface area contributed by atoms with Gasteiger partial charge < -0.3 is 15.0 Å². The van der Waals surface area contributed by atoms with Crippen LogP contribution in [0.3, 0.4) is 0 Å². The molecule has 1 aromatic carbocycles. The Morgan fingerprint density at radius 3 is 2.91 bits per heavy atom. The molecule has 0 fully saturated rings. The van der Waals surface area contributed by atoms with Crippen molar-refractivity contribution in [3.63, 3.8) is 0 Å². The number of H-pyrrole nitrogens is 1. The van der Waals surface area contributed by atoms with Crippen LogP contribution < -0.4 is 15.6 Å². The molecule has 2 N–H and O–H groups in total. The van der Waals surface area contributed by atoms with Crippen LogP contribution in [-0.2, 0) is 4.79 Å². The summed E-state index contributed by atoms with van der Waals surface area (Å²) in [6.07, 6.45) is -0.173. The van der Waals surface area contributed by atoms with Crippen molar-refractivity contribution in [1.82, 2.24) is 9.97 Å². The summed E-state index contributed by atoms with van der Waals surface area (Å²) in [5, 5.41) is 13.8. The zero-order chi connectivity index (χ0) is 17.0. The van der Waals surface area contributed by atoms with Crippen molar-refractivity contribution < 1.29 is 14.5 Å². The number of nitrogens with one attached hydrogen (secondary N) is 2. The summed E-state index contributed by atoms with van der Waals surface area (Å²) in [6, 6.07) is 6.43. The van der Waals surface area contributed by atoms with Crippen LogP contribution in [0.25, 0.3) is 0 Å². The van der Waals surface area contributed by atoms with Crippen LogP contribution in [0.1, 0.15) is 6.92 Å². The molecule has 10 heteroatoms. The Morgan fingerprint density at radius 2 is 2.26 bits per heavy atom. The van der Waals surface area contributed by atoms with Gasteiger partial charge in [0.1, 0.15) is 0 Å². The molecule has 0 spiro atoms. The highest BCUT2D eigenvalue weighted by atomic mass is 35.5. The first kappa shape index (κ1) is 16.4. The molecule has 9 nitrogen and oxygen atoms in total. The lowest BCUT2D eigenvalue weighted by Gasteiger charge is -2.13. The van der Waals surface area contributed by atoms with Crippen LogP contribution in [0, 0.1) is 10.1 Å². The molecule has 0 bridgehead atoms. The number of benzene rings is 1. The minimum Gasteiger partial charge on any atom is -0.459 e. The number of nitrogens with zero attached hydrogens (tertiary/aromatic N) is 2. The molecular weight excluding hydrogens is 328 g/mol. The lowest BCUT2D eigenvalue weighted by Crippen LogP contribution is -2.31. The van der Waals surface area contributed by atoms with Gasteiger partial charge in [-0.2, -0.15) is 4.98 Å². The third-order valence-electron chi connectivity index (χ3n) is 2.73. The first-order valence-electron chi connectivity index (χ1n) is 6.33. The lowest BCUT2D eigenvalue weighted by molar-refractivity contribution is -0.387. The molecule has 0 aliphatic heterocycles. The summed E-state index contributed by atoms with van der Waals surface area (Å²) in [6.45, 7) is 1.37. The first-order chi connectivity index (χ1) is 10.9. The Bertz CT molecular complexity index is 807. The van der Waals surface area contributed by atoms with Crippen molar-refractivity contribution in [3.8, 4) is 5.88 Å². The molecular formula is C13H11ClN4O5. The van der Waals surface area contributed by atoms with Gasteiger partial charge in [0.15, 0.2) is 6.10 Å². The highest BCUT2D eigenvalue weighted by Gasteiger charge is 2.26. The normalized spacial score (nSPS) is 11.6. The maximum absolute atomic E-state index is 12.0. The molecule has 1 atom stereocenters. The molecule has 0 saturated heterocycles. The molecule has 23 heavy (non-hydrogen) atoms. The number of hydrogen-bond acceptors (Lipinski definition) is 6. The highest BCUT2D eigenvalue weighted by molar-refractivity contribution is 6.30. The van der Waals surface area contributed by atoms with Crippen LogP contribution >= 0.6 is 11.6 Å². The number of nitro groups is 1. The number of anilines is 1. The average molecular weight is 339 g/mol. The van der Waals surface area contributed by atoms with Crippen LogP contribution in [0.5, 0.6) is 5.88 Å². The highest BCUT2D eigenvalue weighted by Crippen LogP contribution is 2.20. The Hall–Kier alpha value is -2.94. The van der Waals surface area contributed by atoms with Crippen molar-refractivity contribution in [1.29, 1.82) is 0 Å². The molecule has 0 aliphatic rings. The van der Waals surface area contributed by atoms with Crippen molar-refractivity contribution in [2.75, 3.05) is 5.32 Å². The smallest absolute Gasteiger partial charge is 0.395 e. The molecule has 1 amide bonds. The Morgan fingerprint density at radius 1 is 1.52 bits per heavy atom. The van der Waals surface area contributed by atoms with Gasteiger partial charge in [0.2, 0.25) is 0 Å². The Labute approximate surface area is 134 Å². The van der Waals surface area contributed by atoms with Crippen molar-refractivity contribution in [2.24, 2.45) is 0 Å². The van der Waals surface area contributed by atoms with Gasteiger partial charge >= 0.3 is 17.1 Å². The maximum atomic E-state index is 12.0. The van der Waals surface area contributed by atoms with Crippen LogP contribution in [0.4, 0.5) is 11.4 Å². The van der Waals surface area contributed by atoms with Crippen LogP contribution in [-0.4, -0.2) is 26.9 Å². The van der Waals surface area contributed by atoms with Gasteiger partial charge in [-0.1, -0.05) is 17.7 Å². The summed E-state index contributed by atoms with van der Waals surface area (Å²) in [7, 11) is 0. The quantitative estimate of drug-likeness (QED) is 0.631. The minimum atomic E-state index is -1.12. The zero-order valence-electron chi connectivity index (χ0n) is 11.8. The SMILES string of the molecule is C[C@H](Oc1nc[nH]c(=O)c1[N+](=O)[O-])C(=O)Nc1cccc(Cl)c1. The fourth-order valence-corrected chi connectivity index (χ4v) is 1.84. The number of halogens is 1. The molecule has 0 aliphatic carbocycles. The summed E-state index contributed by atoms with van der Waals surface area (Å²) in [5.41, 5.74) is -1.40. The van der Waals surface area contributed by atoms with E-state index in [9.17, 15) is 19.7 Å². The molecule has 1 heterocycles. The summed E-state index contributed by atoms with van der Waals surface area (Å²) in [5.74, 6) is -1.11. The number of rotatable bonds is 5. The van der Waals surface area contributed by atoms with Gasteiger partial charge in [0.05, 0.1) is 11.3 Å². The van der Waals surface area contributed by atoms with E-state index in [1.165, 1.54) is 13.0 Å². The van der Waals surface area contributed by atoms with E-state index in [0.29, 0.717) is 10.7 Å². The van der Waals surface area contributed by atoms with Crippen molar-refractivity contribution in [3.05, 3.63) is 56.1 Å². The molecule has 0 saturated carbocycles. The molecule has 0 unspecified atom stereocenters. The average Bonchev–Trinajstić information content (AvgIpc) is 2.46. The van der Waals surface area contributed by atoms with E-state index in [-0.39, 0.29) is 0 Å². The molecule has 120 valence electrons.